The molecule has 0 unspecified atom stereocenters. The molecule has 0 bridgehead atoms. The van der Waals surface area contributed by atoms with Gasteiger partial charge in [0, 0.05) is 23.8 Å². The molecule has 1 aromatic heterocycles. The number of hydrogen-bond donors (Lipinski definition) is 2. The Morgan fingerprint density at radius 3 is 2.73 bits per heavy atom. The molecule has 0 saturated carbocycles. The van der Waals surface area contributed by atoms with E-state index >= 15 is 0 Å². The van der Waals surface area contributed by atoms with Gasteiger partial charge >= 0.3 is 6.03 Å². The first-order chi connectivity index (χ1) is 12.6. The molecule has 0 aliphatic rings. The number of nitrogens with zero attached hydrogens (tertiary/aromatic N) is 1. The lowest BCUT2D eigenvalue weighted by molar-refractivity contribution is 0.252. The van der Waals surface area contributed by atoms with Crippen molar-refractivity contribution in [3.05, 3.63) is 65.1 Å². The number of carbonyl (C=O) groups excluding carboxylic acids is 1. The summed E-state index contributed by atoms with van der Waals surface area (Å²) in [6.07, 6.45) is 1.68. The van der Waals surface area contributed by atoms with E-state index in [0.717, 1.165) is 16.3 Å². The van der Waals surface area contributed by atoms with Crippen LogP contribution in [0.4, 0.5) is 14.9 Å². The maximum absolute atomic E-state index is 13.2. The van der Waals surface area contributed by atoms with Crippen molar-refractivity contribution in [2.45, 2.75) is 13.5 Å². The molecular weight excluding hydrogens is 357 g/mol. The first-order valence-corrected chi connectivity index (χ1v) is 8.45. The monoisotopic (exact) mass is 373 g/mol. The molecule has 0 spiro atoms. The number of halogens is 2. The normalized spacial score (nSPS) is 10.6. The minimum atomic E-state index is -0.537. The fourth-order valence-electron chi connectivity index (χ4n) is 2.54. The second-order valence-electron chi connectivity index (χ2n) is 5.50. The summed E-state index contributed by atoms with van der Waals surface area (Å²) < 4.78 is 18.7. The molecule has 7 heteroatoms. The van der Waals surface area contributed by atoms with E-state index in [-0.39, 0.29) is 11.6 Å². The second kappa shape index (κ2) is 8.01. The first-order valence-electron chi connectivity index (χ1n) is 8.07. The average Bonchev–Trinajstić information content (AvgIpc) is 2.64. The van der Waals surface area contributed by atoms with Gasteiger partial charge in [0.05, 0.1) is 11.6 Å². The molecule has 134 valence electrons. The third-order valence-corrected chi connectivity index (χ3v) is 4.03. The molecule has 26 heavy (non-hydrogen) atoms. The molecule has 2 amide bonds. The Labute approximate surface area is 155 Å². The highest BCUT2D eigenvalue weighted by atomic mass is 35.5. The van der Waals surface area contributed by atoms with Crippen LogP contribution in [0.1, 0.15) is 12.5 Å². The van der Waals surface area contributed by atoms with Crippen LogP contribution < -0.4 is 15.4 Å². The van der Waals surface area contributed by atoms with Crippen molar-refractivity contribution >= 4 is 34.1 Å². The van der Waals surface area contributed by atoms with Crippen LogP contribution >= 0.6 is 11.6 Å². The molecule has 2 aromatic carbocycles. The Balaban J connectivity index is 1.72. The molecule has 0 atom stereocenters. The van der Waals surface area contributed by atoms with Gasteiger partial charge < -0.3 is 15.4 Å². The summed E-state index contributed by atoms with van der Waals surface area (Å²) in [5.41, 5.74) is 1.26. The molecule has 3 aromatic rings. The average molecular weight is 374 g/mol. The number of pyridine rings is 1. The molecule has 0 saturated heterocycles. The van der Waals surface area contributed by atoms with Crippen molar-refractivity contribution in [1.29, 1.82) is 0 Å². The Morgan fingerprint density at radius 1 is 1.23 bits per heavy atom. The maximum Gasteiger partial charge on any atom is 0.319 e. The van der Waals surface area contributed by atoms with Gasteiger partial charge in [-0.05, 0) is 42.1 Å². The predicted octanol–water partition coefficient (Wildman–Crippen LogP) is 4.75. The Morgan fingerprint density at radius 2 is 2.00 bits per heavy atom. The number of rotatable bonds is 5. The lowest BCUT2D eigenvalue weighted by Gasteiger charge is -2.12. The van der Waals surface area contributed by atoms with Crippen LogP contribution in [0.15, 0.2) is 48.7 Å². The van der Waals surface area contributed by atoms with E-state index in [4.69, 9.17) is 16.3 Å². The smallest absolute Gasteiger partial charge is 0.319 e. The number of hydrogen-bond acceptors (Lipinski definition) is 3. The SMILES string of the molecule is CCOc1ncc(CNC(=O)Nc2ccc(F)c(Cl)c2)c2ccccc12. The van der Waals surface area contributed by atoms with Gasteiger partial charge in [-0.15, -0.1) is 0 Å². The Hall–Kier alpha value is -2.86. The van der Waals surface area contributed by atoms with Crippen molar-refractivity contribution in [3.63, 3.8) is 0 Å². The van der Waals surface area contributed by atoms with E-state index in [2.05, 4.69) is 15.6 Å². The molecule has 3 rings (SSSR count). The minimum absolute atomic E-state index is 0.0514. The van der Waals surface area contributed by atoms with Crippen LogP contribution in [0, 0.1) is 5.82 Å². The number of aromatic nitrogens is 1. The van der Waals surface area contributed by atoms with E-state index in [1.807, 2.05) is 31.2 Å². The van der Waals surface area contributed by atoms with Crippen molar-refractivity contribution in [1.82, 2.24) is 10.3 Å². The molecule has 1 heterocycles. The minimum Gasteiger partial charge on any atom is -0.478 e. The fourth-order valence-corrected chi connectivity index (χ4v) is 2.72. The van der Waals surface area contributed by atoms with Crippen molar-refractivity contribution in [2.75, 3.05) is 11.9 Å². The van der Waals surface area contributed by atoms with E-state index in [9.17, 15) is 9.18 Å². The summed E-state index contributed by atoms with van der Waals surface area (Å²) in [7, 11) is 0. The predicted molar refractivity (Wildman–Crippen MR) is 100 cm³/mol. The van der Waals surface area contributed by atoms with Crippen molar-refractivity contribution in [2.24, 2.45) is 0 Å². The molecular formula is C19H17ClFN3O2. The van der Waals surface area contributed by atoms with Crippen molar-refractivity contribution < 1.29 is 13.9 Å². The number of urea groups is 1. The van der Waals surface area contributed by atoms with Gasteiger partial charge in [0.1, 0.15) is 5.82 Å². The van der Waals surface area contributed by atoms with Crippen LogP contribution in [0.5, 0.6) is 5.88 Å². The molecule has 0 aliphatic carbocycles. The highest BCUT2D eigenvalue weighted by Crippen LogP contribution is 2.26. The lowest BCUT2D eigenvalue weighted by Crippen LogP contribution is -2.28. The zero-order valence-electron chi connectivity index (χ0n) is 14.1. The molecule has 0 radical (unpaired) electrons. The Kier molecular flexibility index (Phi) is 5.53. The van der Waals surface area contributed by atoms with E-state index in [1.54, 1.807) is 6.20 Å². The van der Waals surface area contributed by atoms with Gasteiger partial charge in [-0.3, -0.25) is 0 Å². The molecule has 5 nitrogen and oxygen atoms in total. The topological polar surface area (TPSA) is 63.2 Å². The standard InChI is InChI=1S/C19H17ClFN3O2/c1-2-26-18-15-6-4-3-5-14(15)12(10-22-18)11-23-19(25)24-13-7-8-17(21)16(20)9-13/h3-10H,2,11H2,1H3,(H2,23,24,25). The third-order valence-electron chi connectivity index (χ3n) is 3.74. The highest BCUT2D eigenvalue weighted by Gasteiger charge is 2.10. The zero-order chi connectivity index (χ0) is 18.5. The van der Waals surface area contributed by atoms with E-state index in [0.29, 0.717) is 18.2 Å². The number of ether oxygens (including phenoxy) is 1. The number of anilines is 1. The Bertz CT molecular complexity index is 949. The quantitative estimate of drug-likeness (QED) is 0.678. The zero-order valence-corrected chi connectivity index (χ0v) is 14.8. The van der Waals surface area contributed by atoms with Gasteiger partial charge in [0.25, 0.3) is 0 Å². The van der Waals surface area contributed by atoms with Gasteiger partial charge in [-0.25, -0.2) is 14.2 Å². The third kappa shape index (κ3) is 4.03. The second-order valence-corrected chi connectivity index (χ2v) is 5.91. The highest BCUT2D eigenvalue weighted by molar-refractivity contribution is 6.31. The van der Waals surface area contributed by atoms with Crippen LogP contribution in [0.25, 0.3) is 10.8 Å². The summed E-state index contributed by atoms with van der Waals surface area (Å²) in [5, 5.41) is 7.16. The van der Waals surface area contributed by atoms with Crippen LogP contribution in [-0.2, 0) is 6.54 Å². The maximum atomic E-state index is 13.2. The number of carbonyl (C=O) groups is 1. The fraction of sp³-hybridized carbons (Fsp3) is 0.158. The largest absolute Gasteiger partial charge is 0.478 e. The number of fused-ring (bicyclic) bond motifs is 1. The van der Waals surface area contributed by atoms with Gasteiger partial charge in [0.2, 0.25) is 5.88 Å². The van der Waals surface area contributed by atoms with Crippen LogP contribution in [0.3, 0.4) is 0 Å². The van der Waals surface area contributed by atoms with E-state index < -0.39 is 11.8 Å². The summed E-state index contributed by atoms with van der Waals surface area (Å²) >= 11 is 5.71. The molecule has 2 N–H and O–H groups in total. The van der Waals surface area contributed by atoms with Crippen LogP contribution in [0.2, 0.25) is 5.02 Å². The molecule has 0 aliphatic heterocycles. The summed E-state index contributed by atoms with van der Waals surface area (Å²) in [5.74, 6) is 0.0295. The summed E-state index contributed by atoms with van der Waals surface area (Å²) in [4.78, 5) is 16.4. The summed E-state index contributed by atoms with van der Waals surface area (Å²) in [6.45, 7) is 2.70. The summed E-state index contributed by atoms with van der Waals surface area (Å²) in [6, 6.07) is 11.3. The van der Waals surface area contributed by atoms with Gasteiger partial charge in [-0.2, -0.15) is 0 Å². The molecule has 0 fully saturated rings. The van der Waals surface area contributed by atoms with Crippen LogP contribution in [-0.4, -0.2) is 17.6 Å². The van der Waals surface area contributed by atoms with E-state index in [1.165, 1.54) is 18.2 Å². The lowest BCUT2D eigenvalue weighted by atomic mass is 10.1. The number of nitrogens with one attached hydrogen (secondary N) is 2. The number of benzene rings is 2. The van der Waals surface area contributed by atoms with Gasteiger partial charge in [0.15, 0.2) is 0 Å². The first kappa shape index (κ1) is 17.9. The van der Waals surface area contributed by atoms with Crippen molar-refractivity contribution in [3.8, 4) is 5.88 Å². The number of amides is 2. The van der Waals surface area contributed by atoms with Gasteiger partial charge in [-0.1, -0.05) is 29.8 Å².